The average molecular weight is 462 g/mol. The summed E-state index contributed by atoms with van der Waals surface area (Å²) in [6.45, 7) is 0.164. The number of anilines is 1. The third kappa shape index (κ3) is 3.90. The lowest BCUT2D eigenvalue weighted by molar-refractivity contribution is -0.113. The Bertz CT molecular complexity index is 1300. The Kier molecular flexibility index (Phi) is 5.44. The van der Waals surface area contributed by atoms with Crippen molar-refractivity contribution >= 4 is 35.0 Å². The number of carbonyl (C=O) groups is 1. The van der Waals surface area contributed by atoms with Gasteiger partial charge in [0.1, 0.15) is 0 Å². The maximum absolute atomic E-state index is 13.6. The van der Waals surface area contributed by atoms with Gasteiger partial charge in [0.2, 0.25) is 6.79 Å². The lowest BCUT2D eigenvalue weighted by Crippen LogP contribution is -2.24. The van der Waals surface area contributed by atoms with E-state index in [1.54, 1.807) is 37.3 Å². The number of carbonyl (C=O) groups excluding carboxylic acids is 1. The summed E-state index contributed by atoms with van der Waals surface area (Å²) in [5.41, 5.74) is 3.63. The van der Waals surface area contributed by atoms with Crippen molar-refractivity contribution in [2.45, 2.75) is 0 Å². The summed E-state index contributed by atoms with van der Waals surface area (Å²) in [5, 5.41) is 0.624. The molecule has 166 valence electrons. The Hall–Kier alpha value is -3.90. The highest BCUT2D eigenvalue weighted by Crippen LogP contribution is 2.41. The lowest BCUT2D eigenvalue weighted by Gasteiger charge is -2.21. The number of benzene rings is 3. The number of nitrogens with zero attached hydrogens (tertiary/aromatic N) is 1. The smallest absolute Gasteiger partial charge is 0.262 e. The van der Waals surface area contributed by atoms with Crippen LogP contribution in [0.2, 0.25) is 5.02 Å². The number of amides is 1. The van der Waals surface area contributed by atoms with Crippen LogP contribution in [-0.4, -0.2) is 26.9 Å². The number of ether oxygens (including phenoxy) is 4. The van der Waals surface area contributed by atoms with Gasteiger partial charge in [0, 0.05) is 16.7 Å². The molecule has 0 radical (unpaired) electrons. The molecule has 3 aromatic rings. The molecule has 1 amide bonds. The van der Waals surface area contributed by atoms with Crippen molar-refractivity contribution in [1.29, 1.82) is 0 Å². The van der Waals surface area contributed by atoms with Crippen molar-refractivity contribution < 1.29 is 23.7 Å². The molecule has 3 aromatic carbocycles. The molecule has 0 aliphatic carbocycles. The topological polar surface area (TPSA) is 57.2 Å². The van der Waals surface area contributed by atoms with E-state index in [9.17, 15) is 4.79 Å². The second-order valence-electron chi connectivity index (χ2n) is 7.43. The van der Waals surface area contributed by atoms with E-state index >= 15 is 0 Å². The van der Waals surface area contributed by atoms with Crippen LogP contribution in [0.4, 0.5) is 5.69 Å². The van der Waals surface area contributed by atoms with Crippen molar-refractivity contribution in [1.82, 2.24) is 0 Å². The van der Waals surface area contributed by atoms with Gasteiger partial charge in [0.05, 0.1) is 25.6 Å². The SMILES string of the molecule is COc1ccc(/C=C2\C=C(c3ccc(Cl)cc3)N(c3ccc4c(c3)OCO4)C2=O)cc1OC. The first-order valence-electron chi connectivity index (χ1n) is 10.2. The first-order valence-corrected chi connectivity index (χ1v) is 10.6. The molecule has 0 saturated carbocycles. The van der Waals surface area contributed by atoms with Crippen LogP contribution in [0.25, 0.3) is 11.8 Å². The van der Waals surface area contributed by atoms with Gasteiger partial charge in [0.15, 0.2) is 23.0 Å². The third-order valence-corrected chi connectivity index (χ3v) is 5.72. The van der Waals surface area contributed by atoms with Crippen molar-refractivity contribution in [3.63, 3.8) is 0 Å². The maximum atomic E-state index is 13.6. The van der Waals surface area contributed by atoms with Crippen LogP contribution in [-0.2, 0) is 4.79 Å². The monoisotopic (exact) mass is 461 g/mol. The van der Waals surface area contributed by atoms with Gasteiger partial charge in [-0.25, -0.2) is 0 Å². The van der Waals surface area contributed by atoms with E-state index in [4.69, 9.17) is 30.5 Å². The fraction of sp³-hybridized carbons (Fsp3) is 0.115. The molecule has 0 unspecified atom stereocenters. The van der Waals surface area contributed by atoms with Gasteiger partial charge in [-0.3, -0.25) is 9.69 Å². The zero-order valence-corrected chi connectivity index (χ0v) is 18.8. The van der Waals surface area contributed by atoms with Gasteiger partial charge in [-0.05, 0) is 59.7 Å². The molecule has 2 aliphatic rings. The largest absolute Gasteiger partial charge is 0.493 e. The molecule has 0 fully saturated rings. The van der Waals surface area contributed by atoms with Crippen molar-refractivity contribution in [3.05, 3.63) is 88.5 Å². The fourth-order valence-corrected chi connectivity index (χ4v) is 3.98. The highest BCUT2D eigenvalue weighted by Gasteiger charge is 2.31. The Morgan fingerprint density at radius 3 is 2.42 bits per heavy atom. The Balaban J connectivity index is 1.59. The van der Waals surface area contributed by atoms with E-state index in [-0.39, 0.29) is 12.7 Å². The van der Waals surface area contributed by atoms with Crippen molar-refractivity contribution in [3.8, 4) is 23.0 Å². The minimum Gasteiger partial charge on any atom is -0.493 e. The molecule has 0 bridgehead atoms. The van der Waals surface area contributed by atoms with E-state index in [1.807, 2.05) is 54.6 Å². The summed E-state index contributed by atoms with van der Waals surface area (Å²) in [6, 6.07) is 18.4. The van der Waals surface area contributed by atoms with Crippen LogP contribution in [0, 0.1) is 0 Å². The summed E-state index contributed by atoms with van der Waals surface area (Å²) in [4.78, 5) is 15.3. The Morgan fingerprint density at radius 1 is 0.909 bits per heavy atom. The molecule has 7 heteroatoms. The molecule has 0 aromatic heterocycles. The second-order valence-corrected chi connectivity index (χ2v) is 7.87. The number of hydrogen-bond donors (Lipinski definition) is 0. The first kappa shape index (κ1) is 21.0. The summed E-state index contributed by atoms with van der Waals surface area (Å²) in [6.07, 6.45) is 3.69. The maximum Gasteiger partial charge on any atom is 0.262 e. The van der Waals surface area contributed by atoms with Crippen molar-refractivity contribution in [2.24, 2.45) is 0 Å². The van der Waals surface area contributed by atoms with E-state index in [2.05, 4.69) is 0 Å². The van der Waals surface area contributed by atoms with Crippen LogP contribution in [0.3, 0.4) is 0 Å². The van der Waals surface area contributed by atoms with E-state index < -0.39 is 0 Å². The summed E-state index contributed by atoms with van der Waals surface area (Å²) in [7, 11) is 3.16. The van der Waals surface area contributed by atoms with E-state index in [0.29, 0.717) is 39.3 Å². The zero-order chi connectivity index (χ0) is 22.9. The van der Waals surface area contributed by atoms with E-state index in [0.717, 1.165) is 16.8 Å². The van der Waals surface area contributed by atoms with Crippen LogP contribution in [0.1, 0.15) is 11.1 Å². The summed E-state index contributed by atoms with van der Waals surface area (Å²) < 4.78 is 21.7. The van der Waals surface area contributed by atoms with E-state index in [1.165, 1.54) is 0 Å². The molecule has 2 heterocycles. The highest BCUT2D eigenvalue weighted by molar-refractivity contribution is 6.30. The standard InChI is InChI=1S/C26H20ClNO5/c1-30-22-9-3-16(12-24(22)31-2)11-18-13-21(17-4-6-19(27)7-5-17)28(26(18)29)20-8-10-23-25(14-20)33-15-32-23/h3-14H,15H2,1-2H3/b18-11+. The summed E-state index contributed by atoms with van der Waals surface area (Å²) >= 11 is 6.09. The highest BCUT2D eigenvalue weighted by atomic mass is 35.5. The van der Waals surface area contributed by atoms with Gasteiger partial charge < -0.3 is 18.9 Å². The van der Waals surface area contributed by atoms with Gasteiger partial charge in [0.25, 0.3) is 5.91 Å². The number of fused-ring (bicyclic) bond motifs is 1. The average Bonchev–Trinajstić information content (AvgIpc) is 3.43. The van der Waals surface area contributed by atoms with Crippen LogP contribution < -0.4 is 23.8 Å². The number of halogens is 1. The van der Waals surface area contributed by atoms with Crippen LogP contribution >= 0.6 is 11.6 Å². The predicted octanol–water partition coefficient (Wildman–Crippen LogP) is 5.56. The second kappa shape index (κ2) is 8.56. The summed E-state index contributed by atoms with van der Waals surface area (Å²) in [5.74, 6) is 2.31. The molecule has 0 spiro atoms. The van der Waals surface area contributed by atoms with Gasteiger partial charge in [-0.15, -0.1) is 0 Å². The Morgan fingerprint density at radius 2 is 1.67 bits per heavy atom. The minimum atomic E-state index is -0.159. The molecular formula is C26H20ClNO5. The number of rotatable bonds is 5. The zero-order valence-electron chi connectivity index (χ0n) is 18.0. The normalized spacial score (nSPS) is 15.7. The molecule has 5 rings (SSSR count). The molecule has 6 nitrogen and oxygen atoms in total. The number of hydrogen-bond acceptors (Lipinski definition) is 5. The molecular weight excluding hydrogens is 442 g/mol. The third-order valence-electron chi connectivity index (χ3n) is 5.47. The molecule has 2 aliphatic heterocycles. The fourth-order valence-electron chi connectivity index (χ4n) is 3.85. The van der Waals surface area contributed by atoms with Crippen LogP contribution in [0.15, 0.2) is 72.3 Å². The molecule has 0 N–H and O–H groups in total. The molecule has 0 atom stereocenters. The van der Waals surface area contributed by atoms with Crippen LogP contribution in [0.5, 0.6) is 23.0 Å². The van der Waals surface area contributed by atoms with Crippen molar-refractivity contribution in [2.75, 3.05) is 25.9 Å². The quantitative estimate of drug-likeness (QED) is 0.466. The Labute approximate surface area is 196 Å². The van der Waals surface area contributed by atoms with Gasteiger partial charge in [-0.1, -0.05) is 29.8 Å². The lowest BCUT2D eigenvalue weighted by atomic mass is 10.1. The molecule has 33 heavy (non-hydrogen) atoms. The first-order chi connectivity index (χ1) is 16.1. The minimum absolute atomic E-state index is 0.159. The molecule has 0 saturated heterocycles. The predicted molar refractivity (Wildman–Crippen MR) is 127 cm³/mol. The number of methoxy groups -OCH3 is 2. The van der Waals surface area contributed by atoms with Gasteiger partial charge in [-0.2, -0.15) is 0 Å². The van der Waals surface area contributed by atoms with Gasteiger partial charge >= 0.3 is 0 Å².